The average molecular weight is 262 g/mol. The van der Waals surface area contributed by atoms with Crippen molar-refractivity contribution in [3.05, 3.63) is 33.1 Å². The van der Waals surface area contributed by atoms with Crippen molar-refractivity contribution in [2.24, 2.45) is 5.73 Å². The Morgan fingerprint density at radius 1 is 1.59 bits per heavy atom. The SMILES string of the molecule is NC(=O)C(O)C(O)c1cc([N+](=O)[O-])cnc1Cl. The predicted molar refractivity (Wildman–Crippen MR) is 56.1 cm³/mol. The van der Waals surface area contributed by atoms with Gasteiger partial charge in [0.05, 0.1) is 4.92 Å². The quantitative estimate of drug-likeness (QED) is 0.380. The maximum absolute atomic E-state index is 10.7. The van der Waals surface area contributed by atoms with Gasteiger partial charge in [-0.05, 0) is 0 Å². The van der Waals surface area contributed by atoms with Gasteiger partial charge in [-0.3, -0.25) is 14.9 Å². The highest BCUT2D eigenvalue weighted by Crippen LogP contribution is 2.27. The standard InChI is InChI=1S/C8H8ClN3O5/c9-7-4(5(13)6(14)8(10)15)1-3(2-11-7)12(16)17/h1-2,5-6,13-14H,(H2,10,15). The van der Waals surface area contributed by atoms with Crippen LogP contribution in [-0.2, 0) is 4.79 Å². The predicted octanol–water partition coefficient (Wildman–Crippen LogP) is -0.477. The minimum absolute atomic E-state index is 0.243. The molecule has 4 N–H and O–H groups in total. The summed E-state index contributed by atoms with van der Waals surface area (Å²) in [5.74, 6) is -1.18. The van der Waals surface area contributed by atoms with Crippen molar-refractivity contribution >= 4 is 23.2 Å². The second-order valence-electron chi connectivity index (χ2n) is 3.12. The summed E-state index contributed by atoms with van der Waals surface area (Å²) in [6.45, 7) is 0. The molecule has 0 aliphatic carbocycles. The van der Waals surface area contributed by atoms with Crippen LogP contribution in [0.15, 0.2) is 12.3 Å². The first-order valence-corrected chi connectivity index (χ1v) is 4.67. The highest BCUT2D eigenvalue weighted by atomic mass is 35.5. The van der Waals surface area contributed by atoms with Gasteiger partial charge in [0.25, 0.3) is 5.69 Å². The monoisotopic (exact) mass is 261 g/mol. The lowest BCUT2D eigenvalue weighted by Crippen LogP contribution is -2.34. The van der Waals surface area contributed by atoms with E-state index in [9.17, 15) is 25.1 Å². The van der Waals surface area contributed by atoms with Gasteiger partial charge in [-0.2, -0.15) is 0 Å². The molecule has 0 bridgehead atoms. The first kappa shape index (κ1) is 13.3. The summed E-state index contributed by atoms with van der Waals surface area (Å²) in [6.07, 6.45) is -2.81. The summed E-state index contributed by atoms with van der Waals surface area (Å²) in [5, 5.41) is 29.0. The lowest BCUT2D eigenvalue weighted by Gasteiger charge is -2.15. The molecule has 0 saturated carbocycles. The summed E-state index contributed by atoms with van der Waals surface area (Å²) in [5.41, 5.74) is 4.10. The number of carbonyl (C=O) groups is 1. The molecule has 0 aromatic carbocycles. The third-order valence-corrected chi connectivity index (χ3v) is 2.29. The molecule has 0 fully saturated rings. The second kappa shape index (κ2) is 5.04. The number of pyridine rings is 1. The fraction of sp³-hybridized carbons (Fsp3) is 0.250. The molecule has 1 amide bonds. The summed E-state index contributed by atoms with van der Waals surface area (Å²) in [6, 6.07) is 0.909. The normalized spacial score (nSPS) is 14.1. The maximum atomic E-state index is 10.7. The number of aliphatic hydroxyl groups is 2. The van der Waals surface area contributed by atoms with Gasteiger partial charge in [0, 0.05) is 11.6 Å². The molecule has 92 valence electrons. The summed E-state index contributed by atoms with van der Waals surface area (Å²) in [4.78, 5) is 23.8. The number of rotatable bonds is 4. The Hall–Kier alpha value is -1.77. The number of halogens is 1. The number of nitro groups is 1. The molecule has 9 heteroatoms. The molecule has 0 saturated heterocycles. The van der Waals surface area contributed by atoms with Crippen LogP contribution in [0.25, 0.3) is 0 Å². The molecule has 2 atom stereocenters. The molecule has 0 radical (unpaired) electrons. The Kier molecular flexibility index (Phi) is 3.94. The average Bonchev–Trinajstić information content (AvgIpc) is 2.27. The molecule has 1 aromatic heterocycles. The van der Waals surface area contributed by atoms with E-state index in [0.29, 0.717) is 0 Å². The third kappa shape index (κ3) is 2.87. The number of primary amides is 1. The first-order valence-electron chi connectivity index (χ1n) is 4.30. The molecular weight excluding hydrogens is 254 g/mol. The number of nitrogens with zero attached hydrogens (tertiary/aromatic N) is 2. The molecular formula is C8H8ClN3O5. The number of hydrogen-bond acceptors (Lipinski definition) is 6. The van der Waals surface area contributed by atoms with Crippen molar-refractivity contribution in [2.75, 3.05) is 0 Å². The van der Waals surface area contributed by atoms with Crippen molar-refractivity contribution in [3.8, 4) is 0 Å². The largest absolute Gasteiger partial charge is 0.385 e. The van der Waals surface area contributed by atoms with Crippen LogP contribution >= 0.6 is 11.6 Å². The van der Waals surface area contributed by atoms with Crippen molar-refractivity contribution in [1.29, 1.82) is 0 Å². The molecule has 8 nitrogen and oxygen atoms in total. The van der Waals surface area contributed by atoms with E-state index in [-0.39, 0.29) is 10.7 Å². The van der Waals surface area contributed by atoms with Gasteiger partial charge in [-0.25, -0.2) is 4.98 Å². The minimum Gasteiger partial charge on any atom is -0.385 e. The van der Waals surface area contributed by atoms with Crippen molar-refractivity contribution < 1.29 is 19.9 Å². The molecule has 0 spiro atoms. The van der Waals surface area contributed by atoms with Crippen LogP contribution in [0.1, 0.15) is 11.7 Å². The van der Waals surface area contributed by atoms with Crippen LogP contribution in [0.4, 0.5) is 5.69 Å². The topological polar surface area (TPSA) is 140 Å². The number of amides is 1. The van der Waals surface area contributed by atoms with E-state index in [1.165, 1.54) is 0 Å². The number of hydrogen-bond donors (Lipinski definition) is 3. The van der Waals surface area contributed by atoms with Crippen molar-refractivity contribution in [3.63, 3.8) is 0 Å². The number of aromatic nitrogens is 1. The fourth-order valence-electron chi connectivity index (χ4n) is 1.09. The molecule has 17 heavy (non-hydrogen) atoms. The van der Waals surface area contributed by atoms with Crippen LogP contribution in [-0.4, -0.2) is 32.1 Å². The van der Waals surface area contributed by atoms with Gasteiger partial charge >= 0.3 is 0 Å². The highest BCUT2D eigenvalue weighted by molar-refractivity contribution is 6.30. The maximum Gasteiger partial charge on any atom is 0.288 e. The Labute approximate surface area is 99.8 Å². The summed E-state index contributed by atoms with van der Waals surface area (Å²) >= 11 is 5.59. The van der Waals surface area contributed by atoms with Crippen LogP contribution in [0.3, 0.4) is 0 Å². The lowest BCUT2D eigenvalue weighted by molar-refractivity contribution is -0.385. The number of aliphatic hydroxyl groups excluding tert-OH is 2. The minimum atomic E-state index is -1.92. The van der Waals surface area contributed by atoms with Gasteiger partial charge in [-0.1, -0.05) is 11.6 Å². The zero-order valence-electron chi connectivity index (χ0n) is 8.28. The van der Waals surface area contributed by atoms with E-state index in [4.69, 9.17) is 17.3 Å². The first-order chi connectivity index (χ1) is 7.84. The smallest absolute Gasteiger partial charge is 0.288 e. The van der Waals surface area contributed by atoms with E-state index >= 15 is 0 Å². The van der Waals surface area contributed by atoms with Crippen molar-refractivity contribution in [2.45, 2.75) is 12.2 Å². The Balaban J connectivity index is 3.16. The molecule has 1 heterocycles. The second-order valence-corrected chi connectivity index (χ2v) is 3.48. The Bertz CT molecular complexity index is 466. The van der Waals surface area contributed by atoms with Gasteiger partial charge in [0.15, 0.2) is 6.10 Å². The zero-order chi connectivity index (χ0) is 13.2. The van der Waals surface area contributed by atoms with E-state index in [2.05, 4.69) is 4.98 Å². The fourth-order valence-corrected chi connectivity index (χ4v) is 1.30. The molecule has 2 unspecified atom stereocenters. The van der Waals surface area contributed by atoms with Gasteiger partial charge < -0.3 is 15.9 Å². The van der Waals surface area contributed by atoms with E-state index in [1.54, 1.807) is 0 Å². The lowest BCUT2D eigenvalue weighted by atomic mass is 10.1. The van der Waals surface area contributed by atoms with Gasteiger partial charge in [0.2, 0.25) is 5.91 Å². The van der Waals surface area contributed by atoms with Crippen molar-refractivity contribution in [1.82, 2.24) is 4.98 Å². The molecule has 1 aromatic rings. The number of nitrogens with two attached hydrogens (primary N) is 1. The summed E-state index contributed by atoms with van der Waals surface area (Å²) in [7, 11) is 0. The van der Waals surface area contributed by atoms with Crippen LogP contribution in [0.5, 0.6) is 0 Å². The van der Waals surface area contributed by atoms with Gasteiger partial charge in [0.1, 0.15) is 17.5 Å². The molecule has 0 aliphatic heterocycles. The van der Waals surface area contributed by atoms with E-state index in [1.807, 2.05) is 0 Å². The molecule has 0 aliphatic rings. The third-order valence-electron chi connectivity index (χ3n) is 1.97. The number of carbonyl (C=O) groups excluding carboxylic acids is 1. The Morgan fingerprint density at radius 3 is 2.65 bits per heavy atom. The van der Waals surface area contributed by atoms with E-state index in [0.717, 1.165) is 12.3 Å². The van der Waals surface area contributed by atoms with E-state index < -0.39 is 28.7 Å². The van der Waals surface area contributed by atoms with Crippen LogP contribution in [0.2, 0.25) is 5.15 Å². The van der Waals surface area contributed by atoms with Gasteiger partial charge in [-0.15, -0.1) is 0 Å². The summed E-state index contributed by atoms with van der Waals surface area (Å²) < 4.78 is 0. The highest BCUT2D eigenvalue weighted by Gasteiger charge is 2.27. The Morgan fingerprint density at radius 2 is 2.18 bits per heavy atom. The van der Waals surface area contributed by atoms with Crippen LogP contribution < -0.4 is 5.73 Å². The zero-order valence-corrected chi connectivity index (χ0v) is 9.03. The molecule has 1 rings (SSSR count). The van der Waals surface area contributed by atoms with Crippen LogP contribution in [0, 0.1) is 10.1 Å².